The van der Waals surface area contributed by atoms with Gasteiger partial charge in [0, 0.05) is 0 Å². The molecule has 0 nitrogen and oxygen atoms in total. The molecular weight excluding hydrogens is 568 g/mol. The minimum absolute atomic E-state index is 0.325. The molecule has 2 heterocycles. The molecule has 0 saturated carbocycles. The van der Waals surface area contributed by atoms with Crippen LogP contribution < -0.4 is 0 Å². The number of unbranched alkanes of at least 4 members (excludes halogenated alkanes) is 7. The average molecular weight is 602 g/mol. The summed E-state index contributed by atoms with van der Waals surface area (Å²) in [4.78, 5) is 1.55. The van der Waals surface area contributed by atoms with Gasteiger partial charge in [-0.1, -0.05) is 45.4 Å². The van der Waals surface area contributed by atoms with Crippen LogP contribution in [0, 0.1) is 0 Å². The molecule has 6 aromatic rings. The maximum atomic E-state index is 2.48. The van der Waals surface area contributed by atoms with Gasteiger partial charge in [-0.2, -0.15) is 0 Å². The molecule has 0 aliphatic rings. The monoisotopic (exact) mass is 604 g/mol. The zero-order valence-corrected chi connectivity index (χ0v) is 24.3. The zero-order valence-electron chi connectivity index (χ0n) is 21.2. The predicted molar refractivity (Wildman–Crippen MR) is 163 cm³/mol. The van der Waals surface area contributed by atoms with Crippen molar-refractivity contribution in [2.45, 2.75) is 64.7 Å². The van der Waals surface area contributed by atoms with Gasteiger partial charge in [0.25, 0.3) is 0 Å². The number of thiophene rings is 1. The molecule has 0 aliphatic heterocycles. The van der Waals surface area contributed by atoms with Crippen molar-refractivity contribution < 1.29 is 0 Å². The van der Waals surface area contributed by atoms with Gasteiger partial charge in [0.2, 0.25) is 0 Å². The summed E-state index contributed by atoms with van der Waals surface area (Å²) in [6.45, 7) is 2.29. The van der Waals surface area contributed by atoms with Crippen molar-refractivity contribution in [2.75, 3.05) is 0 Å². The Morgan fingerprint density at radius 1 is 0.583 bits per heavy atom. The third-order valence-corrected chi connectivity index (χ3v) is 11.9. The maximum absolute atomic E-state index is 2.48. The number of rotatable bonds is 10. The molecule has 0 atom stereocenters. The van der Waals surface area contributed by atoms with Crippen LogP contribution in [-0.2, 0) is 6.42 Å². The Balaban J connectivity index is 1.22. The number of hydrogen-bond donors (Lipinski definition) is 0. The Morgan fingerprint density at radius 2 is 1.22 bits per heavy atom. The van der Waals surface area contributed by atoms with E-state index in [2.05, 4.69) is 85.8 Å². The quantitative estimate of drug-likeness (QED) is 0.0832. The normalized spacial score (nSPS) is 11.9. The predicted octanol–water partition coefficient (Wildman–Crippen LogP) is 10.8. The number of fused-ring (bicyclic) bond motifs is 4. The van der Waals surface area contributed by atoms with E-state index in [0.29, 0.717) is 0 Å². The van der Waals surface area contributed by atoms with Crippen LogP contribution in [0.25, 0.3) is 49.6 Å². The molecular formula is C34H34STe. The molecule has 2 heteroatoms. The van der Waals surface area contributed by atoms with E-state index in [9.17, 15) is 0 Å². The second-order valence-corrected chi connectivity index (χ2v) is 14.5. The standard InChI is InChI=1S/C34H34STe/c1-2-3-4-5-6-7-8-12-15-31-20-29-18-25-16-26-19-30-23-33(24-13-10-9-11-14-24)36-34(30)22-28(26)17-27(25)21-32(29)35-31/h9-11,13-14,16-23H,2-8,12,15H2,1H3. The van der Waals surface area contributed by atoms with Crippen molar-refractivity contribution in [2.24, 2.45) is 0 Å². The molecule has 0 N–H and O–H groups in total. The molecule has 0 saturated heterocycles. The molecule has 0 spiro atoms. The first-order valence-electron chi connectivity index (χ1n) is 13.7. The van der Waals surface area contributed by atoms with E-state index in [1.54, 1.807) is 11.9 Å². The summed E-state index contributed by atoms with van der Waals surface area (Å²) >= 11 is 1.68. The Kier molecular flexibility index (Phi) is 7.47. The molecule has 0 bridgehead atoms. The van der Waals surface area contributed by atoms with E-state index in [4.69, 9.17) is 0 Å². The second-order valence-electron chi connectivity index (χ2n) is 10.2. The van der Waals surface area contributed by atoms with Crippen LogP contribution in [0.5, 0.6) is 0 Å². The summed E-state index contributed by atoms with van der Waals surface area (Å²) < 4.78 is 4.58. The van der Waals surface area contributed by atoms with E-state index in [-0.39, 0.29) is 20.4 Å². The fourth-order valence-electron chi connectivity index (χ4n) is 5.43. The Morgan fingerprint density at radius 3 is 2.00 bits per heavy atom. The third-order valence-electron chi connectivity index (χ3n) is 7.45. The molecule has 0 unspecified atom stereocenters. The van der Waals surface area contributed by atoms with Crippen molar-refractivity contribution in [1.29, 1.82) is 0 Å². The topological polar surface area (TPSA) is 0 Å². The first-order chi connectivity index (χ1) is 17.8. The van der Waals surface area contributed by atoms with Crippen molar-refractivity contribution in [3.8, 4) is 9.14 Å². The molecule has 6 rings (SSSR count). The Bertz CT molecular complexity index is 1530. The van der Waals surface area contributed by atoms with Crippen LogP contribution in [0.15, 0.2) is 78.9 Å². The van der Waals surface area contributed by atoms with E-state index in [1.165, 1.54) is 100 Å². The SMILES string of the molecule is CCCCCCCCCCc1cc2cc3cc4cc5cc(-c6ccccc6)[te]c5cc4cc3cc2s1. The molecule has 0 radical (unpaired) electrons. The van der Waals surface area contributed by atoms with Gasteiger partial charge < -0.3 is 0 Å². The van der Waals surface area contributed by atoms with Gasteiger partial charge in [0.1, 0.15) is 0 Å². The fourth-order valence-corrected chi connectivity index (χ4v) is 9.70. The number of hydrogen-bond acceptors (Lipinski definition) is 1. The van der Waals surface area contributed by atoms with Gasteiger partial charge in [0.05, 0.1) is 0 Å². The van der Waals surface area contributed by atoms with E-state index in [1.807, 2.05) is 11.3 Å². The van der Waals surface area contributed by atoms with Gasteiger partial charge in [-0.15, -0.1) is 0 Å². The molecule has 36 heavy (non-hydrogen) atoms. The fraction of sp³-hybridized carbons (Fsp3) is 0.294. The summed E-state index contributed by atoms with van der Waals surface area (Å²) in [6, 6.07) is 30.4. The van der Waals surface area contributed by atoms with Gasteiger partial charge in [-0.3, -0.25) is 0 Å². The summed E-state index contributed by atoms with van der Waals surface area (Å²) in [5, 5.41) is 8.36. The van der Waals surface area contributed by atoms with Gasteiger partial charge in [-0.25, -0.2) is 0 Å². The van der Waals surface area contributed by atoms with Crippen LogP contribution in [0.1, 0.15) is 63.2 Å². The van der Waals surface area contributed by atoms with Crippen LogP contribution in [0.2, 0.25) is 0 Å². The van der Waals surface area contributed by atoms with E-state index < -0.39 is 0 Å². The minimum atomic E-state index is -0.325. The first kappa shape index (κ1) is 24.2. The molecule has 2 aromatic heterocycles. The van der Waals surface area contributed by atoms with E-state index >= 15 is 0 Å². The van der Waals surface area contributed by atoms with Crippen LogP contribution in [0.4, 0.5) is 0 Å². The van der Waals surface area contributed by atoms with Crippen LogP contribution >= 0.6 is 11.3 Å². The number of benzene rings is 4. The molecule has 0 fully saturated rings. The molecule has 182 valence electrons. The Hall–Kier alpha value is -2.11. The van der Waals surface area contributed by atoms with Gasteiger partial charge >= 0.3 is 184 Å². The first-order valence-corrected chi connectivity index (χ1v) is 16.8. The summed E-state index contributed by atoms with van der Waals surface area (Å²) in [6.07, 6.45) is 12.4. The van der Waals surface area contributed by atoms with Gasteiger partial charge in [-0.05, 0) is 0 Å². The average Bonchev–Trinajstić information content (AvgIpc) is 3.49. The van der Waals surface area contributed by atoms with Gasteiger partial charge in [0.15, 0.2) is 0 Å². The van der Waals surface area contributed by atoms with Crippen LogP contribution in [-0.4, -0.2) is 20.4 Å². The van der Waals surface area contributed by atoms with Crippen molar-refractivity contribution in [3.63, 3.8) is 0 Å². The second kappa shape index (κ2) is 11.1. The third kappa shape index (κ3) is 5.28. The molecule has 4 aromatic carbocycles. The van der Waals surface area contributed by atoms with Crippen molar-refractivity contribution in [3.05, 3.63) is 83.7 Å². The zero-order chi connectivity index (χ0) is 24.3. The summed E-state index contributed by atoms with van der Waals surface area (Å²) in [5.41, 5.74) is 1.40. The summed E-state index contributed by atoms with van der Waals surface area (Å²) in [5.74, 6) is 0. The number of aryl methyl sites for hydroxylation is 1. The molecule has 0 aliphatic carbocycles. The van der Waals surface area contributed by atoms with E-state index in [0.717, 1.165) is 0 Å². The molecule has 0 amide bonds. The summed E-state index contributed by atoms with van der Waals surface area (Å²) in [7, 11) is 0. The van der Waals surface area contributed by atoms with Crippen molar-refractivity contribution >= 4 is 72.2 Å². The Labute approximate surface area is 228 Å². The van der Waals surface area contributed by atoms with Crippen molar-refractivity contribution in [1.82, 2.24) is 0 Å². The van der Waals surface area contributed by atoms with Crippen LogP contribution in [0.3, 0.4) is 0 Å².